The van der Waals surface area contributed by atoms with Crippen molar-refractivity contribution in [1.29, 1.82) is 0 Å². The molecule has 0 spiro atoms. The van der Waals surface area contributed by atoms with Crippen molar-refractivity contribution in [3.8, 4) is 22.9 Å². The van der Waals surface area contributed by atoms with Crippen LogP contribution in [0.25, 0.3) is 11.4 Å². The highest BCUT2D eigenvalue weighted by atomic mass is 16.7. The number of fused-ring (bicyclic) bond motifs is 1. The molecule has 2 aliphatic heterocycles. The number of carbonyl (C=O) groups is 1. The van der Waals surface area contributed by atoms with Gasteiger partial charge in [0.15, 0.2) is 11.5 Å². The van der Waals surface area contributed by atoms with Gasteiger partial charge in [-0.15, -0.1) is 0 Å². The average Bonchev–Trinajstić information content (AvgIpc) is 3.47. The van der Waals surface area contributed by atoms with Gasteiger partial charge in [0.2, 0.25) is 24.4 Å². The quantitative estimate of drug-likeness (QED) is 0.712. The highest BCUT2D eigenvalue weighted by Crippen LogP contribution is 2.60. The molecule has 1 aromatic heterocycles. The molecule has 8 rings (SSSR count). The minimum absolute atomic E-state index is 0.0431. The lowest BCUT2D eigenvalue weighted by Gasteiger charge is -2.57. The normalized spacial score (nSPS) is 33.1. The van der Waals surface area contributed by atoms with Gasteiger partial charge in [0.25, 0.3) is 0 Å². The molecule has 4 aliphatic carbocycles. The van der Waals surface area contributed by atoms with Crippen LogP contribution in [-0.4, -0.2) is 40.8 Å². The first-order chi connectivity index (χ1) is 15.6. The topological polar surface area (TPSA) is 77.7 Å². The molecular formula is C25H29N3O4. The van der Waals surface area contributed by atoms with Crippen molar-refractivity contribution in [3.05, 3.63) is 24.1 Å². The second-order valence-electron chi connectivity index (χ2n) is 10.8. The molecule has 7 heteroatoms. The Labute approximate surface area is 187 Å². The third-order valence-electron chi connectivity index (χ3n) is 8.70. The molecule has 168 valence electrons. The van der Waals surface area contributed by atoms with Gasteiger partial charge in [0.1, 0.15) is 0 Å². The van der Waals surface area contributed by atoms with Crippen LogP contribution in [0.5, 0.6) is 11.5 Å². The van der Waals surface area contributed by atoms with E-state index in [0.717, 1.165) is 74.3 Å². The highest BCUT2D eigenvalue weighted by Gasteiger charge is 2.55. The van der Waals surface area contributed by atoms with Crippen LogP contribution in [0.1, 0.15) is 63.2 Å². The van der Waals surface area contributed by atoms with Crippen molar-refractivity contribution < 1.29 is 18.8 Å². The van der Waals surface area contributed by atoms with Gasteiger partial charge >= 0.3 is 0 Å². The lowest BCUT2D eigenvalue weighted by molar-refractivity contribution is -0.158. The average molecular weight is 436 g/mol. The molecule has 32 heavy (non-hydrogen) atoms. The Kier molecular flexibility index (Phi) is 4.12. The SMILES string of the molecule is O=C(N1CCC(c2nc(-c3ccc4c(c3)OCO4)no2)CC1)C12CC3CC(CC(C3)C1)C2. The van der Waals surface area contributed by atoms with E-state index in [1.54, 1.807) is 0 Å². The maximum Gasteiger partial charge on any atom is 0.231 e. The van der Waals surface area contributed by atoms with E-state index in [4.69, 9.17) is 14.0 Å². The number of likely N-dealkylation sites (tertiary alicyclic amines) is 1. The molecule has 0 N–H and O–H groups in total. The molecule has 7 nitrogen and oxygen atoms in total. The summed E-state index contributed by atoms with van der Waals surface area (Å²) < 4.78 is 16.5. The predicted molar refractivity (Wildman–Crippen MR) is 115 cm³/mol. The van der Waals surface area contributed by atoms with Crippen molar-refractivity contribution in [2.45, 2.75) is 57.3 Å². The van der Waals surface area contributed by atoms with E-state index in [-0.39, 0.29) is 18.1 Å². The Morgan fingerprint density at radius 1 is 0.969 bits per heavy atom. The summed E-state index contributed by atoms with van der Waals surface area (Å²) >= 11 is 0. The van der Waals surface area contributed by atoms with Crippen LogP contribution < -0.4 is 9.47 Å². The van der Waals surface area contributed by atoms with Crippen LogP contribution in [0.2, 0.25) is 0 Å². The second kappa shape index (κ2) is 6.96. The van der Waals surface area contributed by atoms with E-state index >= 15 is 0 Å². The Morgan fingerprint density at radius 2 is 1.66 bits per heavy atom. The van der Waals surface area contributed by atoms with Gasteiger partial charge in [-0.1, -0.05) is 5.16 Å². The predicted octanol–water partition coefficient (Wildman–Crippen LogP) is 4.39. The van der Waals surface area contributed by atoms with E-state index in [1.807, 2.05) is 18.2 Å². The molecule has 4 saturated carbocycles. The lowest BCUT2D eigenvalue weighted by Crippen LogP contribution is -2.55. The molecule has 0 atom stereocenters. The Bertz CT molecular complexity index is 1020. The molecular weight excluding hydrogens is 406 g/mol. The van der Waals surface area contributed by atoms with Gasteiger partial charge in [0, 0.05) is 24.6 Å². The van der Waals surface area contributed by atoms with E-state index in [2.05, 4.69) is 15.0 Å². The summed E-state index contributed by atoms with van der Waals surface area (Å²) in [6.45, 7) is 1.84. The molecule has 4 bridgehead atoms. The van der Waals surface area contributed by atoms with Crippen LogP contribution in [0.15, 0.2) is 22.7 Å². The van der Waals surface area contributed by atoms with Crippen LogP contribution >= 0.6 is 0 Å². The monoisotopic (exact) mass is 435 g/mol. The van der Waals surface area contributed by atoms with Crippen molar-refractivity contribution in [2.75, 3.05) is 19.9 Å². The smallest absolute Gasteiger partial charge is 0.231 e. The first-order valence-corrected chi connectivity index (χ1v) is 12.2. The number of piperidine rings is 1. The number of ether oxygens (including phenoxy) is 2. The first-order valence-electron chi connectivity index (χ1n) is 12.2. The summed E-state index contributed by atoms with van der Waals surface area (Å²) in [4.78, 5) is 20.5. The Balaban J connectivity index is 1.03. The highest BCUT2D eigenvalue weighted by molar-refractivity contribution is 5.83. The number of rotatable bonds is 3. The van der Waals surface area contributed by atoms with E-state index < -0.39 is 0 Å². The summed E-state index contributed by atoms with van der Waals surface area (Å²) in [5, 5.41) is 4.21. The first kappa shape index (κ1) is 18.9. The maximum absolute atomic E-state index is 13.6. The number of benzene rings is 1. The van der Waals surface area contributed by atoms with Gasteiger partial charge in [-0.05, 0) is 87.3 Å². The van der Waals surface area contributed by atoms with Crippen LogP contribution in [-0.2, 0) is 4.79 Å². The molecule has 1 saturated heterocycles. The zero-order valence-electron chi connectivity index (χ0n) is 18.3. The van der Waals surface area contributed by atoms with E-state index in [1.165, 1.54) is 19.3 Å². The largest absolute Gasteiger partial charge is 0.454 e. The third-order valence-corrected chi connectivity index (χ3v) is 8.70. The third kappa shape index (κ3) is 2.96. The fourth-order valence-corrected chi connectivity index (χ4v) is 7.59. The van der Waals surface area contributed by atoms with Crippen molar-refractivity contribution in [2.24, 2.45) is 23.2 Å². The summed E-state index contributed by atoms with van der Waals surface area (Å²) in [5.74, 6) is 5.78. The zero-order valence-corrected chi connectivity index (χ0v) is 18.3. The summed E-state index contributed by atoms with van der Waals surface area (Å²) in [5.41, 5.74) is 0.817. The number of aromatic nitrogens is 2. The van der Waals surface area contributed by atoms with Crippen LogP contribution in [0, 0.1) is 23.2 Å². The van der Waals surface area contributed by atoms with Crippen molar-refractivity contribution >= 4 is 5.91 Å². The number of hydrogen-bond acceptors (Lipinski definition) is 6. The number of amides is 1. The molecule has 2 aromatic rings. The fraction of sp³-hybridized carbons (Fsp3) is 0.640. The van der Waals surface area contributed by atoms with Gasteiger partial charge in [-0.2, -0.15) is 4.98 Å². The fourth-order valence-electron chi connectivity index (χ4n) is 7.59. The van der Waals surface area contributed by atoms with Crippen molar-refractivity contribution in [1.82, 2.24) is 15.0 Å². The van der Waals surface area contributed by atoms with Gasteiger partial charge in [0.05, 0.1) is 5.41 Å². The molecule has 0 radical (unpaired) electrons. The molecule has 0 unspecified atom stereocenters. The van der Waals surface area contributed by atoms with Crippen molar-refractivity contribution in [3.63, 3.8) is 0 Å². The summed E-state index contributed by atoms with van der Waals surface area (Å²) in [6, 6.07) is 5.70. The number of carbonyl (C=O) groups excluding carboxylic acids is 1. The molecule has 3 heterocycles. The lowest BCUT2D eigenvalue weighted by atomic mass is 9.49. The summed E-state index contributed by atoms with van der Waals surface area (Å²) in [7, 11) is 0. The Hall–Kier alpha value is -2.57. The standard InChI is InChI=1S/C25H29N3O4/c29-24(25-11-15-7-16(12-25)9-17(8-15)13-25)28-5-3-18(4-6-28)23-26-22(27-32-23)19-1-2-20-21(10-19)31-14-30-20/h1-2,10,15-18H,3-9,11-14H2. The van der Waals surface area contributed by atoms with Crippen LogP contribution in [0.3, 0.4) is 0 Å². The molecule has 1 aromatic carbocycles. The molecule has 1 amide bonds. The molecule has 6 aliphatic rings. The van der Waals surface area contributed by atoms with Gasteiger partial charge < -0.3 is 18.9 Å². The zero-order chi connectivity index (χ0) is 21.3. The minimum Gasteiger partial charge on any atom is -0.454 e. The molecule has 5 fully saturated rings. The van der Waals surface area contributed by atoms with Crippen LogP contribution in [0.4, 0.5) is 0 Å². The number of nitrogens with zero attached hydrogens (tertiary/aromatic N) is 3. The van der Waals surface area contributed by atoms with E-state index in [0.29, 0.717) is 23.4 Å². The van der Waals surface area contributed by atoms with Gasteiger partial charge in [-0.3, -0.25) is 4.79 Å². The second-order valence-corrected chi connectivity index (χ2v) is 10.8. The van der Waals surface area contributed by atoms with Gasteiger partial charge in [-0.25, -0.2) is 0 Å². The maximum atomic E-state index is 13.6. The van der Waals surface area contributed by atoms with E-state index in [9.17, 15) is 4.79 Å². The Morgan fingerprint density at radius 3 is 2.38 bits per heavy atom. The number of hydrogen-bond donors (Lipinski definition) is 0. The summed E-state index contributed by atoms with van der Waals surface area (Å²) in [6.07, 6.45) is 9.31. The minimum atomic E-state index is -0.0431.